The van der Waals surface area contributed by atoms with Crippen molar-refractivity contribution >= 4 is 5.91 Å². The smallest absolute Gasteiger partial charge is 0.222 e. The average Bonchev–Trinajstić information content (AvgIpc) is 2.39. The first-order chi connectivity index (χ1) is 8.84. The summed E-state index contributed by atoms with van der Waals surface area (Å²) in [6.07, 6.45) is 6.50. The van der Waals surface area contributed by atoms with E-state index in [9.17, 15) is 4.79 Å². The van der Waals surface area contributed by atoms with Crippen LogP contribution in [0.4, 0.5) is 0 Å². The normalized spacial score (nSPS) is 19.2. The average molecular weight is 269 g/mol. The van der Waals surface area contributed by atoms with Crippen LogP contribution in [-0.2, 0) is 4.79 Å². The molecular formula is C15H31N3O. The molecule has 0 aromatic carbocycles. The maximum atomic E-state index is 12.4. The van der Waals surface area contributed by atoms with E-state index in [1.807, 2.05) is 11.9 Å². The van der Waals surface area contributed by atoms with Crippen molar-refractivity contribution in [1.82, 2.24) is 4.90 Å². The summed E-state index contributed by atoms with van der Waals surface area (Å²) in [5, 5.41) is 0. The number of hydrogen-bond acceptors (Lipinski definition) is 3. The zero-order chi connectivity index (χ0) is 14.5. The van der Waals surface area contributed by atoms with Gasteiger partial charge < -0.3 is 16.4 Å². The predicted octanol–water partition coefficient (Wildman–Crippen LogP) is 1.73. The van der Waals surface area contributed by atoms with Gasteiger partial charge in [0.05, 0.1) is 0 Å². The third kappa shape index (κ3) is 4.77. The highest BCUT2D eigenvalue weighted by molar-refractivity contribution is 5.76. The lowest BCUT2D eigenvalue weighted by atomic mass is 9.71. The summed E-state index contributed by atoms with van der Waals surface area (Å²) in [4.78, 5) is 14.2. The predicted molar refractivity (Wildman–Crippen MR) is 79.7 cm³/mol. The minimum atomic E-state index is -0.0210. The summed E-state index contributed by atoms with van der Waals surface area (Å²) in [6.45, 7) is 6.12. The molecule has 0 unspecified atom stereocenters. The van der Waals surface area contributed by atoms with Gasteiger partial charge in [0, 0.05) is 20.0 Å². The Bertz CT molecular complexity index is 296. The van der Waals surface area contributed by atoms with Gasteiger partial charge in [0.25, 0.3) is 0 Å². The molecule has 0 aromatic heterocycles. The van der Waals surface area contributed by atoms with Gasteiger partial charge in [-0.2, -0.15) is 0 Å². The second-order valence-corrected chi connectivity index (χ2v) is 7.06. The highest BCUT2D eigenvalue weighted by Gasteiger charge is 2.34. The summed E-state index contributed by atoms with van der Waals surface area (Å²) in [5.41, 5.74) is 11.7. The minimum Gasteiger partial charge on any atom is -0.345 e. The van der Waals surface area contributed by atoms with Crippen molar-refractivity contribution in [3.8, 4) is 0 Å². The van der Waals surface area contributed by atoms with Crippen molar-refractivity contribution in [2.75, 3.05) is 26.7 Å². The number of nitrogens with zero attached hydrogens (tertiary/aromatic N) is 1. The molecule has 112 valence electrons. The maximum Gasteiger partial charge on any atom is 0.222 e. The molecule has 19 heavy (non-hydrogen) atoms. The topological polar surface area (TPSA) is 72.3 Å². The fourth-order valence-corrected chi connectivity index (χ4v) is 3.01. The van der Waals surface area contributed by atoms with Crippen molar-refractivity contribution in [2.45, 2.75) is 52.4 Å². The van der Waals surface area contributed by atoms with E-state index < -0.39 is 0 Å². The van der Waals surface area contributed by atoms with Gasteiger partial charge in [-0.15, -0.1) is 0 Å². The largest absolute Gasteiger partial charge is 0.345 e. The molecule has 0 aliphatic heterocycles. The fraction of sp³-hybridized carbons (Fsp3) is 0.933. The lowest BCUT2D eigenvalue weighted by Gasteiger charge is -2.38. The van der Waals surface area contributed by atoms with Gasteiger partial charge in [-0.05, 0) is 36.8 Å². The van der Waals surface area contributed by atoms with Crippen LogP contribution in [0.2, 0.25) is 0 Å². The van der Waals surface area contributed by atoms with E-state index >= 15 is 0 Å². The number of hydrogen-bond donors (Lipinski definition) is 2. The van der Waals surface area contributed by atoms with Crippen molar-refractivity contribution in [2.24, 2.45) is 22.3 Å². The highest BCUT2D eigenvalue weighted by Crippen LogP contribution is 2.38. The molecule has 1 fully saturated rings. The Balaban J connectivity index is 2.57. The number of amides is 1. The third-order valence-corrected chi connectivity index (χ3v) is 4.52. The molecule has 1 saturated carbocycles. The van der Waals surface area contributed by atoms with Crippen LogP contribution in [0.5, 0.6) is 0 Å². The van der Waals surface area contributed by atoms with Gasteiger partial charge in [0.1, 0.15) is 0 Å². The molecule has 1 aliphatic rings. The molecule has 0 aromatic rings. The van der Waals surface area contributed by atoms with E-state index in [0.717, 1.165) is 12.8 Å². The second kappa shape index (κ2) is 6.71. The Morgan fingerprint density at radius 1 is 1.21 bits per heavy atom. The lowest BCUT2D eigenvalue weighted by Crippen LogP contribution is -2.43. The highest BCUT2D eigenvalue weighted by atomic mass is 16.2. The van der Waals surface area contributed by atoms with E-state index in [4.69, 9.17) is 11.5 Å². The van der Waals surface area contributed by atoms with Gasteiger partial charge >= 0.3 is 0 Å². The van der Waals surface area contributed by atoms with Crippen molar-refractivity contribution in [3.63, 3.8) is 0 Å². The van der Waals surface area contributed by atoms with E-state index in [2.05, 4.69) is 13.8 Å². The quantitative estimate of drug-likeness (QED) is 0.771. The summed E-state index contributed by atoms with van der Waals surface area (Å²) in [6, 6.07) is 0. The van der Waals surface area contributed by atoms with Gasteiger partial charge in [0.2, 0.25) is 5.91 Å². The molecule has 0 spiro atoms. The van der Waals surface area contributed by atoms with Crippen LogP contribution in [0.3, 0.4) is 0 Å². The Labute approximate surface area is 117 Å². The van der Waals surface area contributed by atoms with Crippen LogP contribution < -0.4 is 11.5 Å². The van der Waals surface area contributed by atoms with Crippen LogP contribution in [-0.4, -0.2) is 37.5 Å². The van der Waals surface area contributed by atoms with Crippen LogP contribution >= 0.6 is 0 Å². The van der Waals surface area contributed by atoms with Crippen LogP contribution in [0.25, 0.3) is 0 Å². The maximum absolute atomic E-state index is 12.4. The van der Waals surface area contributed by atoms with E-state index in [1.54, 1.807) is 0 Å². The number of carbonyl (C=O) groups excluding carboxylic acids is 1. The Morgan fingerprint density at radius 3 is 2.26 bits per heavy atom. The van der Waals surface area contributed by atoms with Crippen LogP contribution in [0, 0.1) is 10.8 Å². The van der Waals surface area contributed by atoms with Gasteiger partial charge in [0.15, 0.2) is 0 Å². The molecule has 0 radical (unpaired) electrons. The van der Waals surface area contributed by atoms with Crippen molar-refractivity contribution in [1.29, 1.82) is 0 Å². The Morgan fingerprint density at radius 2 is 1.79 bits per heavy atom. The third-order valence-electron chi connectivity index (χ3n) is 4.52. The van der Waals surface area contributed by atoms with Gasteiger partial charge in [-0.25, -0.2) is 0 Å². The van der Waals surface area contributed by atoms with Crippen LogP contribution in [0.1, 0.15) is 52.4 Å². The number of rotatable bonds is 6. The molecule has 4 heteroatoms. The first kappa shape index (κ1) is 16.4. The zero-order valence-electron chi connectivity index (χ0n) is 12.9. The van der Waals surface area contributed by atoms with Crippen molar-refractivity contribution < 1.29 is 4.79 Å². The summed E-state index contributed by atoms with van der Waals surface area (Å²) in [5.74, 6) is 0.217. The first-order valence-electron chi connectivity index (χ1n) is 7.48. The molecule has 0 heterocycles. The molecule has 0 bridgehead atoms. The molecular weight excluding hydrogens is 238 g/mol. The fourth-order valence-electron chi connectivity index (χ4n) is 3.01. The number of carbonyl (C=O) groups is 1. The van der Waals surface area contributed by atoms with Crippen molar-refractivity contribution in [3.05, 3.63) is 0 Å². The standard InChI is InChI=1S/C15H31N3O/c1-14(2,10-16)12-18(3)13(19)9-15(11-17)7-5-4-6-8-15/h4-12,16-17H2,1-3H3. The molecule has 1 aliphatic carbocycles. The lowest BCUT2D eigenvalue weighted by molar-refractivity contribution is -0.134. The zero-order valence-corrected chi connectivity index (χ0v) is 12.9. The summed E-state index contributed by atoms with van der Waals surface area (Å²) >= 11 is 0. The first-order valence-corrected chi connectivity index (χ1v) is 7.48. The second-order valence-electron chi connectivity index (χ2n) is 7.06. The monoisotopic (exact) mass is 269 g/mol. The Kier molecular flexibility index (Phi) is 5.81. The van der Waals surface area contributed by atoms with Gasteiger partial charge in [-0.1, -0.05) is 33.1 Å². The SMILES string of the molecule is CN(CC(C)(C)CN)C(=O)CC1(CN)CCCCC1. The molecule has 0 atom stereocenters. The molecule has 0 saturated heterocycles. The molecule has 4 nitrogen and oxygen atoms in total. The van der Waals surface area contributed by atoms with E-state index in [0.29, 0.717) is 26.1 Å². The summed E-state index contributed by atoms with van der Waals surface area (Å²) < 4.78 is 0. The Hall–Kier alpha value is -0.610. The van der Waals surface area contributed by atoms with E-state index in [-0.39, 0.29) is 16.7 Å². The van der Waals surface area contributed by atoms with E-state index in [1.165, 1.54) is 19.3 Å². The minimum absolute atomic E-state index is 0.0210. The van der Waals surface area contributed by atoms with Gasteiger partial charge in [-0.3, -0.25) is 4.79 Å². The molecule has 1 rings (SSSR count). The number of nitrogens with two attached hydrogens (primary N) is 2. The molecule has 1 amide bonds. The van der Waals surface area contributed by atoms with Crippen LogP contribution in [0.15, 0.2) is 0 Å². The summed E-state index contributed by atoms with van der Waals surface area (Å²) in [7, 11) is 1.88. The molecule has 4 N–H and O–H groups in total.